The number of carbonyl (C=O) groups excluding carboxylic acids is 4. The maximum Gasteiger partial charge on any atom is 0.472 e. The van der Waals surface area contributed by atoms with Crippen LogP contribution in [0.15, 0.2) is 72.9 Å². The summed E-state index contributed by atoms with van der Waals surface area (Å²) in [5.41, 5.74) is 0. The number of aliphatic hydroxyl groups is 1. The smallest absolute Gasteiger partial charge is 0.462 e. The fraction of sp³-hybridized carbons (Fsp3) is 0.812. The molecule has 0 heterocycles. The van der Waals surface area contributed by atoms with Gasteiger partial charge in [-0.2, -0.15) is 0 Å². The number of carbonyl (C=O) groups is 4. The molecule has 0 rings (SSSR count). The van der Waals surface area contributed by atoms with E-state index in [4.69, 9.17) is 37.0 Å². The summed E-state index contributed by atoms with van der Waals surface area (Å²) in [6.07, 6.45) is 80.2. The van der Waals surface area contributed by atoms with Crippen molar-refractivity contribution in [2.45, 2.75) is 406 Å². The minimum Gasteiger partial charge on any atom is -0.462 e. The van der Waals surface area contributed by atoms with Gasteiger partial charge in [0.05, 0.1) is 26.4 Å². The largest absolute Gasteiger partial charge is 0.472 e. The molecule has 0 aromatic rings. The average molecular weight is 1510 g/mol. The van der Waals surface area contributed by atoms with Gasteiger partial charge in [-0.1, -0.05) is 345 Å². The molecule has 0 radical (unpaired) electrons. The van der Waals surface area contributed by atoms with Crippen molar-refractivity contribution in [2.24, 2.45) is 0 Å². The molecule has 0 fully saturated rings. The monoisotopic (exact) mass is 1510 g/mol. The van der Waals surface area contributed by atoms with Crippen molar-refractivity contribution in [1.29, 1.82) is 0 Å². The Labute approximate surface area is 634 Å². The van der Waals surface area contributed by atoms with Crippen LogP contribution in [0.3, 0.4) is 0 Å². The highest BCUT2D eigenvalue weighted by molar-refractivity contribution is 7.47. The van der Waals surface area contributed by atoms with Crippen LogP contribution < -0.4 is 0 Å². The number of phosphoric acid groups is 2. The van der Waals surface area contributed by atoms with Crippen LogP contribution in [0, 0.1) is 0 Å². The van der Waals surface area contributed by atoms with Crippen molar-refractivity contribution < 1.29 is 80.2 Å². The number of hydrogen-bond donors (Lipinski definition) is 3. The molecule has 104 heavy (non-hydrogen) atoms. The van der Waals surface area contributed by atoms with Crippen molar-refractivity contribution >= 4 is 39.5 Å². The Morgan fingerprint density at radius 2 is 0.490 bits per heavy atom. The fourth-order valence-corrected chi connectivity index (χ4v) is 13.3. The van der Waals surface area contributed by atoms with Gasteiger partial charge in [0.2, 0.25) is 0 Å². The number of rotatable bonds is 80. The van der Waals surface area contributed by atoms with Crippen LogP contribution in [-0.2, 0) is 65.4 Å². The number of ether oxygens (including phenoxy) is 4. The molecule has 0 saturated heterocycles. The normalized spacial score (nSPS) is 14.2. The second kappa shape index (κ2) is 77.7. The summed E-state index contributed by atoms with van der Waals surface area (Å²) in [6, 6.07) is 0. The first-order valence-corrected chi connectivity index (χ1v) is 45.2. The van der Waals surface area contributed by atoms with Crippen molar-refractivity contribution in [3.05, 3.63) is 72.9 Å². The molecular weight excluding hydrogens is 1350 g/mol. The van der Waals surface area contributed by atoms with E-state index >= 15 is 0 Å². The van der Waals surface area contributed by atoms with Crippen LogP contribution in [-0.4, -0.2) is 96.7 Å². The minimum atomic E-state index is -4.99. The number of unbranched alkanes of at least 4 members (excludes halogenated alkanes) is 42. The molecule has 0 spiro atoms. The number of phosphoric ester groups is 2. The predicted octanol–water partition coefficient (Wildman–Crippen LogP) is 24.8. The van der Waals surface area contributed by atoms with E-state index in [2.05, 4.69) is 88.5 Å². The molecule has 0 aliphatic carbocycles. The lowest BCUT2D eigenvalue weighted by molar-refractivity contribution is -0.161. The lowest BCUT2D eigenvalue weighted by Gasteiger charge is -2.21. The van der Waals surface area contributed by atoms with Gasteiger partial charge in [0, 0.05) is 25.7 Å². The molecule has 0 bridgehead atoms. The van der Waals surface area contributed by atoms with Gasteiger partial charge in [0.25, 0.3) is 0 Å². The molecule has 0 aliphatic heterocycles. The Morgan fingerprint density at radius 1 is 0.269 bits per heavy atom. The summed E-state index contributed by atoms with van der Waals surface area (Å²) in [5, 5.41) is 10.7. The van der Waals surface area contributed by atoms with Crippen LogP contribution >= 0.6 is 15.6 Å². The third-order valence-corrected chi connectivity index (χ3v) is 20.1. The van der Waals surface area contributed by atoms with E-state index in [1.807, 2.05) is 12.2 Å². The van der Waals surface area contributed by atoms with Crippen LogP contribution in [0.4, 0.5) is 0 Å². The summed E-state index contributed by atoms with van der Waals surface area (Å²) >= 11 is 0. The van der Waals surface area contributed by atoms with Crippen LogP contribution in [0.2, 0.25) is 0 Å². The van der Waals surface area contributed by atoms with Gasteiger partial charge in [0.15, 0.2) is 12.2 Å². The summed E-state index contributed by atoms with van der Waals surface area (Å²) in [6.45, 7) is 4.84. The highest BCUT2D eigenvalue weighted by Crippen LogP contribution is 2.45. The fourth-order valence-electron chi connectivity index (χ4n) is 11.7. The van der Waals surface area contributed by atoms with Gasteiger partial charge in [-0.25, -0.2) is 9.13 Å². The first kappa shape index (κ1) is 100. The molecule has 19 heteroatoms. The molecule has 3 N–H and O–H groups in total. The third-order valence-electron chi connectivity index (χ3n) is 18.2. The van der Waals surface area contributed by atoms with Gasteiger partial charge < -0.3 is 33.8 Å². The average Bonchev–Trinajstić information content (AvgIpc) is 0.918. The molecule has 5 atom stereocenters. The molecule has 0 amide bonds. The third kappa shape index (κ3) is 76.7. The zero-order valence-electron chi connectivity index (χ0n) is 66.5. The second-order valence-electron chi connectivity index (χ2n) is 28.4. The summed E-state index contributed by atoms with van der Waals surface area (Å²) in [5.74, 6) is -2.24. The first-order valence-electron chi connectivity index (χ1n) is 42.2. The Hall–Kier alpha value is -3.50. The highest BCUT2D eigenvalue weighted by Gasteiger charge is 2.30. The maximum atomic E-state index is 13.1. The number of esters is 4. The quantitative estimate of drug-likeness (QED) is 0.0169. The summed E-state index contributed by atoms with van der Waals surface area (Å²) in [4.78, 5) is 73.1. The molecule has 17 nitrogen and oxygen atoms in total. The lowest BCUT2D eigenvalue weighted by atomic mass is 10.0. The summed E-state index contributed by atoms with van der Waals surface area (Å²) in [7, 11) is -9.96. The van der Waals surface area contributed by atoms with E-state index in [-0.39, 0.29) is 25.7 Å². The van der Waals surface area contributed by atoms with E-state index in [9.17, 15) is 43.2 Å². The molecule has 2 unspecified atom stereocenters. The molecule has 606 valence electrons. The molecular formula is C85H154O17P2. The van der Waals surface area contributed by atoms with E-state index < -0.39 is 97.5 Å². The SMILES string of the molecule is CCCCC/C=C\C/C=C\C/C=C\C/C=C\C/C=C\CCC(=O)OC[C@H](COP(=O)(O)OC[C@@H](O)COP(=O)(O)OC[C@@H](COC(=O)CCCCCCCCCCCCCCCCC)OC(=O)CCCCCCCCCCCCCCCCC)OC(=O)CCCCCCCCC/C=C\CCCCCC. The maximum absolute atomic E-state index is 13.1. The van der Waals surface area contributed by atoms with Crippen molar-refractivity contribution in [2.75, 3.05) is 39.6 Å². The first-order chi connectivity index (χ1) is 50.7. The Balaban J connectivity index is 5.38. The molecule has 0 aromatic heterocycles. The van der Waals surface area contributed by atoms with Gasteiger partial charge >= 0.3 is 39.5 Å². The van der Waals surface area contributed by atoms with E-state index in [1.54, 1.807) is 0 Å². The van der Waals surface area contributed by atoms with E-state index in [1.165, 1.54) is 180 Å². The van der Waals surface area contributed by atoms with Crippen molar-refractivity contribution in [1.82, 2.24) is 0 Å². The number of hydrogen-bond acceptors (Lipinski definition) is 15. The Morgan fingerprint density at radius 3 is 0.817 bits per heavy atom. The highest BCUT2D eigenvalue weighted by atomic mass is 31.2. The van der Waals surface area contributed by atoms with E-state index in [0.29, 0.717) is 32.1 Å². The van der Waals surface area contributed by atoms with Crippen LogP contribution in [0.5, 0.6) is 0 Å². The zero-order chi connectivity index (χ0) is 76.0. The predicted molar refractivity (Wildman–Crippen MR) is 427 cm³/mol. The zero-order valence-corrected chi connectivity index (χ0v) is 68.2. The van der Waals surface area contributed by atoms with Gasteiger partial charge in [-0.05, 0) is 89.9 Å². The van der Waals surface area contributed by atoms with Crippen LogP contribution in [0.25, 0.3) is 0 Å². The van der Waals surface area contributed by atoms with Gasteiger partial charge in [0.1, 0.15) is 19.3 Å². The Bertz CT molecular complexity index is 2250. The second-order valence-corrected chi connectivity index (χ2v) is 31.3. The summed E-state index contributed by atoms with van der Waals surface area (Å²) < 4.78 is 68.7. The van der Waals surface area contributed by atoms with E-state index in [0.717, 1.165) is 122 Å². The van der Waals surface area contributed by atoms with Gasteiger partial charge in [-0.3, -0.25) is 37.3 Å². The molecule has 0 saturated carbocycles. The van der Waals surface area contributed by atoms with Crippen molar-refractivity contribution in [3.63, 3.8) is 0 Å². The molecule has 0 aliphatic rings. The standard InChI is InChI=1S/C85H154O17P2/c1-5-9-13-17-21-25-29-33-37-38-39-40-44-46-50-54-58-62-66-70-83(88)96-76-81(102-85(90)72-68-64-60-56-52-48-43-36-32-28-24-20-16-12-8-4)78-100-104(93,94)98-74-79(86)73-97-103(91,92)99-77-80(101-84(89)71-67-63-59-55-51-47-42-35-31-27-23-19-15-11-7-3)75-95-82(87)69-65-61-57-53-49-45-41-34-30-26-22-18-14-10-6-2/h21,25,28,32-33,37,39-40,46,50,58,62,79-81,86H,5-20,22-24,26-27,29-31,34-36,38,41-45,47-49,51-57,59-61,63-78H2,1-4H3,(H,91,92)(H,93,94)/b25-21-,32-28-,37-33-,40-39-,50-46-,62-58-/t79-,80+,81+/m0/s1. The lowest BCUT2D eigenvalue weighted by Crippen LogP contribution is -2.30. The number of aliphatic hydroxyl groups excluding tert-OH is 1. The van der Waals surface area contributed by atoms with Crippen LogP contribution in [0.1, 0.15) is 387 Å². The molecule has 0 aromatic carbocycles. The minimum absolute atomic E-state index is 0.0402. The Kier molecular flexibility index (Phi) is 75.0. The number of allylic oxidation sites excluding steroid dienone is 12. The topological polar surface area (TPSA) is 237 Å². The van der Waals surface area contributed by atoms with Crippen molar-refractivity contribution in [3.8, 4) is 0 Å². The van der Waals surface area contributed by atoms with Gasteiger partial charge in [-0.15, -0.1) is 0 Å².